The van der Waals surface area contributed by atoms with Crippen molar-refractivity contribution in [3.8, 4) is 11.5 Å². The predicted molar refractivity (Wildman–Crippen MR) is 86.2 cm³/mol. The highest BCUT2D eigenvalue weighted by molar-refractivity contribution is 9.10. The van der Waals surface area contributed by atoms with Crippen LogP contribution in [0.5, 0.6) is 0 Å². The van der Waals surface area contributed by atoms with Gasteiger partial charge in [0.25, 0.3) is 0 Å². The summed E-state index contributed by atoms with van der Waals surface area (Å²) < 4.78 is 0.894. The van der Waals surface area contributed by atoms with E-state index in [-0.39, 0.29) is 5.92 Å². The highest BCUT2D eigenvalue weighted by Gasteiger charge is 2.17. The minimum absolute atomic E-state index is 0.269. The second kappa shape index (κ2) is 6.50. The molecule has 0 saturated carbocycles. The summed E-state index contributed by atoms with van der Waals surface area (Å²) in [6.07, 6.45) is 1.69. The lowest BCUT2D eigenvalue weighted by molar-refractivity contribution is 0.808. The summed E-state index contributed by atoms with van der Waals surface area (Å²) in [5.74, 6) is 1.58. The van der Waals surface area contributed by atoms with E-state index in [4.69, 9.17) is 11.6 Å². The minimum Gasteiger partial charge on any atom is -0.369 e. The van der Waals surface area contributed by atoms with Crippen LogP contribution in [0, 0.1) is 0 Å². The van der Waals surface area contributed by atoms with Gasteiger partial charge in [-0.25, -0.2) is 9.97 Å². The first-order valence-electron chi connectivity index (χ1n) is 6.46. The lowest BCUT2D eigenvalue weighted by atomic mass is 10.1. The number of nitrogens with zero attached hydrogens (tertiary/aromatic N) is 3. The number of rotatable bonds is 4. The smallest absolute Gasteiger partial charge is 0.182 e. The molecule has 2 aromatic heterocycles. The van der Waals surface area contributed by atoms with E-state index in [1.165, 1.54) is 0 Å². The Hall–Kier alpha value is -1.20. The van der Waals surface area contributed by atoms with E-state index in [2.05, 4.69) is 50.0 Å². The first-order chi connectivity index (χ1) is 9.54. The third-order valence-electron chi connectivity index (χ3n) is 2.74. The van der Waals surface area contributed by atoms with Crippen molar-refractivity contribution in [3.63, 3.8) is 0 Å². The monoisotopic (exact) mass is 354 g/mol. The Labute approximate surface area is 132 Å². The summed E-state index contributed by atoms with van der Waals surface area (Å²) in [6.45, 7) is 6.98. The van der Waals surface area contributed by atoms with E-state index < -0.39 is 0 Å². The second-order valence-electron chi connectivity index (χ2n) is 4.61. The van der Waals surface area contributed by atoms with E-state index in [1.807, 2.05) is 6.92 Å². The van der Waals surface area contributed by atoms with Gasteiger partial charge in [0, 0.05) is 12.7 Å². The van der Waals surface area contributed by atoms with Crippen LogP contribution < -0.4 is 5.32 Å². The summed E-state index contributed by atoms with van der Waals surface area (Å²) in [4.78, 5) is 13.4. The fraction of sp³-hybridized carbons (Fsp3) is 0.357. The van der Waals surface area contributed by atoms with Gasteiger partial charge in [0.05, 0.1) is 15.2 Å². The average molecular weight is 356 g/mol. The summed E-state index contributed by atoms with van der Waals surface area (Å²) in [5, 5.41) is 3.78. The first kappa shape index (κ1) is 15.2. The maximum Gasteiger partial charge on any atom is 0.182 e. The lowest BCUT2D eigenvalue weighted by Gasteiger charge is -2.14. The molecule has 0 atom stereocenters. The van der Waals surface area contributed by atoms with Crippen molar-refractivity contribution in [1.29, 1.82) is 0 Å². The van der Waals surface area contributed by atoms with Gasteiger partial charge in [0.15, 0.2) is 5.82 Å². The van der Waals surface area contributed by atoms with Gasteiger partial charge in [0.2, 0.25) is 0 Å². The Morgan fingerprint density at radius 2 is 2.10 bits per heavy atom. The van der Waals surface area contributed by atoms with Gasteiger partial charge in [-0.15, -0.1) is 0 Å². The maximum atomic E-state index is 6.19. The number of hydrogen-bond acceptors (Lipinski definition) is 4. The minimum atomic E-state index is 0.269. The quantitative estimate of drug-likeness (QED) is 0.876. The molecule has 0 unspecified atom stereocenters. The molecule has 2 aromatic rings. The highest BCUT2D eigenvalue weighted by Crippen LogP contribution is 2.32. The third-order valence-corrected chi connectivity index (χ3v) is 3.83. The zero-order valence-corrected chi connectivity index (χ0v) is 14.0. The summed E-state index contributed by atoms with van der Waals surface area (Å²) in [6, 6.07) is 3.58. The number of pyridine rings is 1. The van der Waals surface area contributed by atoms with E-state index >= 15 is 0 Å². The molecule has 6 heteroatoms. The van der Waals surface area contributed by atoms with Crippen LogP contribution in [-0.2, 0) is 0 Å². The summed E-state index contributed by atoms with van der Waals surface area (Å²) in [7, 11) is 0. The second-order valence-corrected chi connectivity index (χ2v) is 5.81. The molecular formula is C14H16BrClN4. The van der Waals surface area contributed by atoms with Crippen molar-refractivity contribution < 1.29 is 0 Å². The molecule has 0 aliphatic carbocycles. The fourth-order valence-electron chi connectivity index (χ4n) is 1.79. The van der Waals surface area contributed by atoms with Crippen molar-refractivity contribution >= 4 is 33.3 Å². The molecule has 2 heterocycles. The topological polar surface area (TPSA) is 50.7 Å². The number of halogens is 2. The molecule has 0 fully saturated rings. The Morgan fingerprint density at radius 1 is 1.35 bits per heavy atom. The van der Waals surface area contributed by atoms with E-state index in [0.29, 0.717) is 16.5 Å². The van der Waals surface area contributed by atoms with Crippen LogP contribution in [0.3, 0.4) is 0 Å². The average Bonchev–Trinajstić information content (AvgIpc) is 2.41. The number of nitrogens with one attached hydrogen (secondary N) is 1. The van der Waals surface area contributed by atoms with Gasteiger partial charge in [-0.3, -0.25) is 4.98 Å². The van der Waals surface area contributed by atoms with E-state index in [9.17, 15) is 0 Å². The number of anilines is 1. The molecule has 0 saturated heterocycles. The molecule has 1 N–H and O–H groups in total. The molecule has 0 aliphatic rings. The number of aromatic nitrogens is 3. The Balaban J connectivity index is 2.62. The van der Waals surface area contributed by atoms with Crippen molar-refractivity contribution in [2.24, 2.45) is 0 Å². The molecule has 2 rings (SSSR count). The molecule has 0 radical (unpaired) electrons. The standard InChI is InChI=1S/C14H16BrClN4/c1-4-17-13-10(15)11(8(2)3)19-14(20-13)12-9(16)6-5-7-18-12/h5-8H,4H2,1-3H3,(H,17,19,20). The first-order valence-corrected chi connectivity index (χ1v) is 7.63. The zero-order chi connectivity index (χ0) is 14.7. The Morgan fingerprint density at radius 3 is 2.70 bits per heavy atom. The van der Waals surface area contributed by atoms with Gasteiger partial charge in [-0.05, 0) is 40.9 Å². The zero-order valence-electron chi connectivity index (χ0n) is 11.6. The molecule has 0 amide bonds. The van der Waals surface area contributed by atoms with E-state index in [0.717, 1.165) is 22.5 Å². The van der Waals surface area contributed by atoms with Crippen molar-refractivity contribution in [2.45, 2.75) is 26.7 Å². The van der Waals surface area contributed by atoms with Gasteiger partial charge in [-0.2, -0.15) is 0 Å². The molecule has 4 nitrogen and oxygen atoms in total. The molecule has 0 bridgehead atoms. The van der Waals surface area contributed by atoms with Crippen LogP contribution in [-0.4, -0.2) is 21.5 Å². The van der Waals surface area contributed by atoms with Crippen LogP contribution in [0.25, 0.3) is 11.5 Å². The van der Waals surface area contributed by atoms with Crippen molar-refractivity contribution in [3.05, 3.63) is 33.5 Å². The molecule has 106 valence electrons. The lowest BCUT2D eigenvalue weighted by Crippen LogP contribution is -2.07. The third kappa shape index (κ3) is 3.10. The number of hydrogen-bond donors (Lipinski definition) is 1. The SMILES string of the molecule is CCNc1nc(-c2ncccc2Cl)nc(C(C)C)c1Br. The largest absolute Gasteiger partial charge is 0.369 e. The normalized spacial score (nSPS) is 10.9. The molecule has 20 heavy (non-hydrogen) atoms. The molecule has 0 aliphatic heterocycles. The maximum absolute atomic E-state index is 6.19. The van der Waals surface area contributed by atoms with Crippen molar-refractivity contribution in [1.82, 2.24) is 15.0 Å². The van der Waals surface area contributed by atoms with Crippen LogP contribution in [0.15, 0.2) is 22.8 Å². The van der Waals surface area contributed by atoms with Gasteiger partial charge in [-0.1, -0.05) is 25.4 Å². The van der Waals surface area contributed by atoms with Crippen molar-refractivity contribution in [2.75, 3.05) is 11.9 Å². The molecule has 0 spiro atoms. The summed E-state index contributed by atoms with van der Waals surface area (Å²) >= 11 is 9.75. The van der Waals surface area contributed by atoms with Gasteiger partial charge >= 0.3 is 0 Å². The van der Waals surface area contributed by atoms with Gasteiger partial charge < -0.3 is 5.32 Å². The Bertz CT molecular complexity index is 616. The van der Waals surface area contributed by atoms with Crippen LogP contribution >= 0.6 is 27.5 Å². The van der Waals surface area contributed by atoms with Crippen LogP contribution in [0.1, 0.15) is 32.4 Å². The van der Waals surface area contributed by atoms with Gasteiger partial charge in [0.1, 0.15) is 11.5 Å². The highest BCUT2D eigenvalue weighted by atomic mass is 79.9. The van der Waals surface area contributed by atoms with E-state index in [1.54, 1.807) is 18.3 Å². The fourth-order valence-corrected chi connectivity index (χ4v) is 2.77. The summed E-state index contributed by atoms with van der Waals surface area (Å²) in [5.41, 5.74) is 1.54. The van der Waals surface area contributed by atoms with Crippen LogP contribution in [0.4, 0.5) is 5.82 Å². The Kier molecular flexibility index (Phi) is 4.94. The van der Waals surface area contributed by atoms with Crippen LogP contribution in [0.2, 0.25) is 5.02 Å². The molecule has 0 aromatic carbocycles. The molecular weight excluding hydrogens is 340 g/mol. The predicted octanol–water partition coefficient (Wildman–Crippen LogP) is 4.51.